The molecule has 0 saturated carbocycles. The highest BCUT2D eigenvalue weighted by molar-refractivity contribution is 5.92. The topological polar surface area (TPSA) is 38.7 Å². The van der Waals surface area contributed by atoms with E-state index in [4.69, 9.17) is 4.74 Å². The van der Waals surface area contributed by atoms with Crippen molar-refractivity contribution in [2.45, 2.75) is 79.6 Å². The van der Waals surface area contributed by atoms with Crippen molar-refractivity contribution >= 4 is 16.8 Å². The molecule has 2 aliphatic carbocycles. The summed E-state index contributed by atoms with van der Waals surface area (Å²) in [7, 11) is 1.71. The third-order valence-electron chi connectivity index (χ3n) is 7.29. The summed E-state index contributed by atoms with van der Waals surface area (Å²) in [4.78, 5) is 12.5. The smallest absolute Gasteiger partial charge is 0.123 e. The van der Waals surface area contributed by atoms with E-state index in [0.29, 0.717) is 11.6 Å². The van der Waals surface area contributed by atoms with Gasteiger partial charge < -0.3 is 4.74 Å². The molecule has 0 amide bonds. The predicted octanol–water partition coefficient (Wildman–Crippen LogP) is 10.3. The van der Waals surface area contributed by atoms with Crippen LogP contribution in [0.15, 0.2) is 88.4 Å². The van der Waals surface area contributed by atoms with Crippen LogP contribution < -0.4 is 0 Å². The van der Waals surface area contributed by atoms with Crippen LogP contribution in [0.25, 0.3) is 11.1 Å². The molecule has 1 aromatic rings. The van der Waals surface area contributed by atoms with Gasteiger partial charge >= 0.3 is 0 Å². The minimum atomic E-state index is -0.0928. The lowest BCUT2D eigenvalue weighted by Gasteiger charge is -2.26. The maximum absolute atomic E-state index is 12.5. The van der Waals surface area contributed by atoms with E-state index in [1.165, 1.54) is 16.7 Å². The predicted molar refractivity (Wildman–Crippen MR) is 160 cm³/mol. The monoisotopic (exact) mass is 497 g/mol. The van der Waals surface area contributed by atoms with E-state index in [2.05, 4.69) is 101 Å². The maximum atomic E-state index is 12.5. The Morgan fingerprint density at radius 2 is 1.89 bits per heavy atom. The highest BCUT2D eigenvalue weighted by atomic mass is 16.5. The summed E-state index contributed by atoms with van der Waals surface area (Å²) >= 11 is 0. The molecule has 0 aromatic heterocycles. The lowest BCUT2D eigenvalue weighted by molar-refractivity contribution is 0.300. The number of hydrogen-bond donors (Lipinski definition) is 0. The quantitative estimate of drug-likeness (QED) is 0.203. The standard InChI is InChI=1S/C34H43NO2/c1-9-24-14-13-15-26(19-18-24)32(37-8)20-25(10-2)30-21-27(34(5,6)7)22-31(33(30)35-36)29-17-12-11-16-28(29)23(3)4/h10,12-14,17-23H,9,11,15-16H2,1-8H3/b25-10+,32-20-. The first-order valence-electron chi connectivity index (χ1n) is 13.5. The van der Waals surface area contributed by atoms with E-state index >= 15 is 0 Å². The first-order chi connectivity index (χ1) is 17.6. The SMILES string of the molecule is C/C=C(\C=C(/OC)C1=CC=C(CC)C=CC1)c1cc(C(C)(C)C)cc(C2=C(C(C)C)CCC=C2)c1N=O. The molecule has 0 atom stereocenters. The van der Waals surface area contributed by atoms with Crippen molar-refractivity contribution in [2.24, 2.45) is 11.1 Å². The van der Waals surface area contributed by atoms with Crippen molar-refractivity contribution in [1.82, 2.24) is 0 Å². The molecule has 1 aromatic carbocycles. The third kappa shape index (κ3) is 6.57. The summed E-state index contributed by atoms with van der Waals surface area (Å²) in [6.07, 6.45) is 21.0. The maximum Gasteiger partial charge on any atom is 0.123 e. The number of ether oxygens (including phenoxy) is 1. The fourth-order valence-electron chi connectivity index (χ4n) is 4.96. The van der Waals surface area contributed by atoms with E-state index < -0.39 is 0 Å². The van der Waals surface area contributed by atoms with Crippen molar-refractivity contribution in [1.29, 1.82) is 0 Å². The van der Waals surface area contributed by atoms with Crippen LogP contribution in [0.1, 0.15) is 90.8 Å². The minimum Gasteiger partial charge on any atom is -0.496 e. The molecule has 0 radical (unpaired) electrons. The van der Waals surface area contributed by atoms with Gasteiger partial charge in [0.25, 0.3) is 0 Å². The summed E-state index contributed by atoms with van der Waals surface area (Å²) in [6, 6.07) is 4.31. The molecule has 0 bridgehead atoms. The Bertz CT molecular complexity index is 1240. The Morgan fingerprint density at radius 3 is 2.49 bits per heavy atom. The first-order valence-corrected chi connectivity index (χ1v) is 13.5. The number of benzene rings is 1. The molecule has 196 valence electrons. The van der Waals surface area contributed by atoms with Crippen LogP contribution in [0.4, 0.5) is 5.69 Å². The number of rotatable bonds is 8. The van der Waals surface area contributed by atoms with Crippen molar-refractivity contribution < 1.29 is 4.74 Å². The summed E-state index contributed by atoms with van der Waals surface area (Å²) in [6.45, 7) is 15.3. The van der Waals surface area contributed by atoms with Crippen molar-refractivity contribution in [3.8, 4) is 0 Å². The molecule has 37 heavy (non-hydrogen) atoms. The van der Waals surface area contributed by atoms with Gasteiger partial charge in [-0.2, -0.15) is 0 Å². The normalized spacial score (nSPS) is 17.1. The van der Waals surface area contributed by atoms with Gasteiger partial charge in [0, 0.05) is 11.1 Å². The molecule has 3 nitrogen and oxygen atoms in total. The summed E-state index contributed by atoms with van der Waals surface area (Å²) in [5.41, 5.74) is 9.21. The van der Waals surface area contributed by atoms with Crippen molar-refractivity contribution in [3.63, 3.8) is 0 Å². The fraction of sp³-hybridized carbons (Fsp3) is 0.412. The minimum absolute atomic E-state index is 0.0928. The lowest BCUT2D eigenvalue weighted by atomic mass is 9.79. The summed E-state index contributed by atoms with van der Waals surface area (Å²) in [5.74, 6) is 1.20. The molecular formula is C34H43NO2. The van der Waals surface area contributed by atoms with Crippen molar-refractivity contribution in [3.05, 3.63) is 105 Å². The molecule has 0 saturated heterocycles. The summed E-state index contributed by atoms with van der Waals surface area (Å²) in [5, 5.41) is 3.65. The fourth-order valence-corrected chi connectivity index (χ4v) is 4.96. The van der Waals surface area contributed by atoms with E-state index in [0.717, 1.165) is 59.3 Å². The number of nitroso groups, excluding NO2 is 1. The van der Waals surface area contributed by atoms with Gasteiger partial charge in [-0.25, -0.2) is 0 Å². The van der Waals surface area contributed by atoms with Gasteiger partial charge in [0.15, 0.2) is 0 Å². The zero-order chi connectivity index (χ0) is 27.2. The van der Waals surface area contributed by atoms with Gasteiger partial charge in [-0.3, -0.25) is 0 Å². The average molecular weight is 498 g/mol. The van der Waals surface area contributed by atoms with Crippen LogP contribution in [-0.2, 0) is 10.2 Å². The van der Waals surface area contributed by atoms with Gasteiger partial charge in [0.05, 0.1) is 7.11 Å². The third-order valence-corrected chi connectivity index (χ3v) is 7.29. The van der Waals surface area contributed by atoms with Crippen LogP contribution in [-0.4, -0.2) is 7.11 Å². The Balaban J connectivity index is 2.27. The second-order valence-corrected chi connectivity index (χ2v) is 11.1. The second-order valence-electron chi connectivity index (χ2n) is 11.1. The molecule has 0 heterocycles. The van der Waals surface area contributed by atoms with Crippen LogP contribution in [0.5, 0.6) is 0 Å². The van der Waals surface area contributed by atoms with E-state index in [1.54, 1.807) is 7.11 Å². The molecule has 0 N–H and O–H groups in total. The molecule has 0 unspecified atom stereocenters. The molecular weight excluding hydrogens is 454 g/mol. The number of methoxy groups -OCH3 is 1. The molecule has 0 spiro atoms. The number of nitrogens with zero attached hydrogens (tertiary/aromatic N) is 1. The Labute approximate surface area is 224 Å². The first kappa shape index (κ1) is 28.4. The van der Waals surface area contributed by atoms with Crippen molar-refractivity contribution in [2.75, 3.05) is 7.11 Å². The number of hydrogen-bond acceptors (Lipinski definition) is 3. The van der Waals surface area contributed by atoms with E-state index in [-0.39, 0.29) is 5.41 Å². The molecule has 0 fully saturated rings. The van der Waals surface area contributed by atoms with E-state index in [1.807, 2.05) is 13.0 Å². The zero-order valence-corrected chi connectivity index (χ0v) is 23.9. The Kier molecular flexibility index (Phi) is 9.48. The van der Waals surface area contributed by atoms with Gasteiger partial charge in [0.2, 0.25) is 0 Å². The van der Waals surface area contributed by atoms with Crippen LogP contribution in [0.3, 0.4) is 0 Å². The van der Waals surface area contributed by atoms with Crippen LogP contribution >= 0.6 is 0 Å². The van der Waals surface area contributed by atoms with Crippen LogP contribution in [0, 0.1) is 10.8 Å². The molecule has 2 aliphatic rings. The Morgan fingerprint density at radius 1 is 1.14 bits per heavy atom. The zero-order valence-electron chi connectivity index (χ0n) is 23.9. The van der Waals surface area contributed by atoms with Gasteiger partial charge in [0.1, 0.15) is 11.4 Å². The largest absolute Gasteiger partial charge is 0.496 e. The highest BCUT2D eigenvalue weighted by Gasteiger charge is 2.24. The second kappa shape index (κ2) is 12.4. The Hall–Kier alpha value is -3.20. The van der Waals surface area contributed by atoms with Crippen LogP contribution in [0.2, 0.25) is 0 Å². The summed E-state index contributed by atoms with van der Waals surface area (Å²) < 4.78 is 5.89. The van der Waals surface area contributed by atoms with Gasteiger partial charge in [-0.1, -0.05) is 89.6 Å². The van der Waals surface area contributed by atoms with Gasteiger partial charge in [-0.05, 0) is 95.2 Å². The lowest BCUT2D eigenvalue weighted by Crippen LogP contribution is -2.13. The molecule has 3 rings (SSSR count). The molecule has 0 aliphatic heterocycles. The van der Waals surface area contributed by atoms with E-state index in [9.17, 15) is 4.91 Å². The molecule has 3 heteroatoms. The van der Waals surface area contributed by atoms with Gasteiger partial charge in [-0.15, -0.1) is 4.91 Å². The number of allylic oxidation sites excluding steroid dienone is 13. The average Bonchev–Trinajstić information content (AvgIpc) is 3.14. The highest BCUT2D eigenvalue weighted by Crippen LogP contribution is 2.43.